The number of hydrogen-bond donors (Lipinski definition) is 0. The van der Waals surface area contributed by atoms with Crippen LogP contribution in [0.5, 0.6) is 0 Å². The van der Waals surface area contributed by atoms with Gasteiger partial charge in [0.15, 0.2) is 0 Å². The zero-order valence-electron chi connectivity index (χ0n) is 10.7. The molecule has 1 heterocycles. The van der Waals surface area contributed by atoms with E-state index >= 15 is 0 Å². The second-order valence-electron chi connectivity index (χ2n) is 5.25. The zero-order chi connectivity index (χ0) is 12.3. The monoisotopic (exact) mass is 250 g/mol. The van der Waals surface area contributed by atoms with Crippen LogP contribution in [0.1, 0.15) is 19.4 Å². The van der Waals surface area contributed by atoms with E-state index in [1.54, 1.807) is 0 Å². The van der Waals surface area contributed by atoms with E-state index in [0.29, 0.717) is 0 Å². The highest BCUT2D eigenvalue weighted by molar-refractivity contribution is 7.97. The fraction of sp³-hybridized carbons (Fsp3) is 0.538. The maximum Gasteiger partial charge on any atom is 0.494 e. The third kappa shape index (κ3) is 3.27. The Labute approximate surface area is 108 Å². The van der Waals surface area contributed by atoms with Gasteiger partial charge in [0.05, 0.1) is 0 Å². The summed E-state index contributed by atoms with van der Waals surface area (Å²) in [7, 11) is -0.189. The van der Waals surface area contributed by atoms with E-state index in [4.69, 9.17) is 9.31 Å². The highest BCUT2D eigenvalue weighted by Crippen LogP contribution is 2.22. The highest BCUT2D eigenvalue weighted by atomic mass is 32.2. The van der Waals surface area contributed by atoms with Crippen molar-refractivity contribution < 1.29 is 9.31 Å². The highest BCUT2D eigenvalue weighted by Gasteiger charge is 2.34. The summed E-state index contributed by atoms with van der Waals surface area (Å²) < 4.78 is 11.7. The molecule has 0 spiro atoms. The van der Waals surface area contributed by atoms with E-state index in [1.807, 2.05) is 17.8 Å². The minimum atomic E-state index is -0.189. The maximum absolute atomic E-state index is 5.83. The van der Waals surface area contributed by atoms with E-state index < -0.39 is 0 Å². The first-order valence-electron chi connectivity index (χ1n) is 5.92. The Morgan fingerprint density at radius 2 is 1.88 bits per heavy atom. The Morgan fingerprint density at radius 3 is 2.53 bits per heavy atom. The van der Waals surface area contributed by atoms with E-state index in [0.717, 1.165) is 19.0 Å². The summed E-state index contributed by atoms with van der Waals surface area (Å²) in [6, 6.07) is 8.38. The fourth-order valence-electron chi connectivity index (χ4n) is 1.92. The van der Waals surface area contributed by atoms with Crippen molar-refractivity contribution >= 4 is 24.3 Å². The summed E-state index contributed by atoms with van der Waals surface area (Å²) in [4.78, 5) is 0. The Morgan fingerprint density at radius 1 is 1.24 bits per heavy atom. The minimum Gasteiger partial charge on any atom is -0.407 e. The molecule has 0 radical (unpaired) electrons. The molecule has 0 aromatic heterocycles. The lowest BCUT2D eigenvalue weighted by Gasteiger charge is -2.33. The van der Waals surface area contributed by atoms with Crippen molar-refractivity contribution in [1.29, 1.82) is 0 Å². The summed E-state index contributed by atoms with van der Waals surface area (Å²) >= 11 is 1.82. The van der Waals surface area contributed by atoms with Gasteiger partial charge in [-0.05, 0) is 17.3 Å². The molecule has 17 heavy (non-hydrogen) atoms. The van der Waals surface area contributed by atoms with Gasteiger partial charge in [0, 0.05) is 24.4 Å². The molecule has 2 nitrogen and oxygen atoms in total. The van der Waals surface area contributed by atoms with Gasteiger partial charge in [0.1, 0.15) is 0 Å². The van der Waals surface area contributed by atoms with Crippen molar-refractivity contribution in [2.75, 3.05) is 19.5 Å². The second-order valence-corrected chi connectivity index (χ2v) is 6.12. The lowest BCUT2D eigenvalue weighted by Crippen LogP contribution is -2.48. The average Bonchev–Trinajstić information content (AvgIpc) is 2.31. The molecule has 0 aliphatic carbocycles. The first-order valence-corrected chi connectivity index (χ1v) is 7.32. The van der Waals surface area contributed by atoms with Crippen LogP contribution >= 0.6 is 11.8 Å². The van der Waals surface area contributed by atoms with Crippen molar-refractivity contribution in [2.24, 2.45) is 5.41 Å². The molecule has 1 fully saturated rings. The smallest absolute Gasteiger partial charge is 0.407 e. The van der Waals surface area contributed by atoms with Gasteiger partial charge >= 0.3 is 7.12 Å². The molecule has 2 rings (SSSR count). The molecule has 0 atom stereocenters. The molecule has 0 amide bonds. The standard InChI is InChI=1S/C13H19BO2S/c1-13(2)9-15-14(16-10-13)12-7-5-4-6-11(12)8-17-3/h4-7H,8-10H2,1-3H3. The lowest BCUT2D eigenvalue weighted by molar-refractivity contribution is 0.0342. The summed E-state index contributed by atoms with van der Waals surface area (Å²) in [5, 5.41) is 0. The molecule has 1 saturated heterocycles. The van der Waals surface area contributed by atoms with Gasteiger partial charge in [-0.3, -0.25) is 0 Å². The summed E-state index contributed by atoms with van der Waals surface area (Å²) in [6.45, 7) is 5.84. The Balaban J connectivity index is 2.12. The van der Waals surface area contributed by atoms with Gasteiger partial charge in [-0.1, -0.05) is 38.1 Å². The SMILES string of the molecule is CSCc1ccccc1B1OCC(C)(C)CO1. The fourth-order valence-corrected chi connectivity index (χ4v) is 2.50. The molecular weight excluding hydrogens is 231 g/mol. The summed E-state index contributed by atoms with van der Waals surface area (Å²) in [5.74, 6) is 1.00. The molecule has 0 saturated carbocycles. The van der Waals surface area contributed by atoms with Gasteiger partial charge in [-0.25, -0.2) is 0 Å². The molecule has 0 unspecified atom stereocenters. The number of hydrogen-bond acceptors (Lipinski definition) is 3. The molecule has 1 aromatic carbocycles. The summed E-state index contributed by atoms with van der Waals surface area (Å²) in [6.07, 6.45) is 2.11. The van der Waals surface area contributed by atoms with Crippen molar-refractivity contribution in [3.63, 3.8) is 0 Å². The Kier molecular flexibility index (Phi) is 4.18. The third-order valence-electron chi connectivity index (χ3n) is 2.86. The molecule has 0 bridgehead atoms. The predicted octanol–water partition coefficient (Wildman–Crippen LogP) is 2.32. The van der Waals surface area contributed by atoms with E-state index in [9.17, 15) is 0 Å². The molecule has 1 aliphatic heterocycles. The van der Waals surface area contributed by atoms with Crippen LogP contribution in [0.2, 0.25) is 0 Å². The van der Waals surface area contributed by atoms with Crippen molar-refractivity contribution in [3.8, 4) is 0 Å². The first-order chi connectivity index (χ1) is 8.12. The lowest BCUT2D eigenvalue weighted by atomic mass is 9.73. The maximum atomic E-state index is 5.83. The second kappa shape index (κ2) is 5.47. The summed E-state index contributed by atoms with van der Waals surface area (Å²) in [5.41, 5.74) is 2.62. The zero-order valence-corrected chi connectivity index (χ0v) is 11.5. The van der Waals surface area contributed by atoms with Crippen molar-refractivity contribution in [2.45, 2.75) is 19.6 Å². The average molecular weight is 250 g/mol. The van der Waals surface area contributed by atoms with Crippen LogP contribution in [0.4, 0.5) is 0 Å². The predicted molar refractivity (Wildman–Crippen MR) is 74.7 cm³/mol. The number of benzene rings is 1. The van der Waals surface area contributed by atoms with E-state index in [2.05, 4.69) is 38.3 Å². The Bertz CT molecular complexity index is 371. The van der Waals surface area contributed by atoms with Crippen LogP contribution in [0, 0.1) is 5.41 Å². The van der Waals surface area contributed by atoms with Gasteiger partial charge in [-0.15, -0.1) is 0 Å². The van der Waals surface area contributed by atoms with Crippen LogP contribution in [-0.4, -0.2) is 26.6 Å². The topological polar surface area (TPSA) is 18.5 Å². The van der Waals surface area contributed by atoms with E-state index in [1.165, 1.54) is 11.0 Å². The molecule has 1 aliphatic rings. The van der Waals surface area contributed by atoms with Gasteiger partial charge in [0.25, 0.3) is 0 Å². The Hall–Kier alpha value is -0.445. The quantitative estimate of drug-likeness (QED) is 0.767. The number of rotatable bonds is 3. The van der Waals surface area contributed by atoms with Crippen LogP contribution in [0.25, 0.3) is 0 Å². The largest absolute Gasteiger partial charge is 0.494 e. The van der Waals surface area contributed by atoms with Crippen molar-refractivity contribution in [1.82, 2.24) is 0 Å². The first kappa shape index (κ1) is 13.0. The number of thioether (sulfide) groups is 1. The minimum absolute atomic E-state index is 0.130. The van der Waals surface area contributed by atoms with Crippen LogP contribution in [-0.2, 0) is 15.1 Å². The third-order valence-corrected chi connectivity index (χ3v) is 3.46. The van der Waals surface area contributed by atoms with Crippen LogP contribution in [0.15, 0.2) is 24.3 Å². The van der Waals surface area contributed by atoms with Gasteiger partial charge in [0.2, 0.25) is 0 Å². The molecule has 1 aromatic rings. The van der Waals surface area contributed by atoms with E-state index in [-0.39, 0.29) is 12.5 Å². The van der Waals surface area contributed by atoms with Crippen LogP contribution in [0.3, 0.4) is 0 Å². The van der Waals surface area contributed by atoms with Gasteiger partial charge < -0.3 is 9.31 Å². The van der Waals surface area contributed by atoms with Crippen LogP contribution < -0.4 is 5.46 Å². The molecular formula is C13H19BO2S. The van der Waals surface area contributed by atoms with Gasteiger partial charge in [-0.2, -0.15) is 11.8 Å². The molecule has 92 valence electrons. The normalized spacial score (nSPS) is 19.4. The molecule has 0 N–H and O–H groups in total. The molecule has 4 heteroatoms. The van der Waals surface area contributed by atoms with Crippen molar-refractivity contribution in [3.05, 3.63) is 29.8 Å².